The fraction of sp³-hybridized carbons (Fsp3) is 0.474. The number of likely N-dealkylation sites (tertiary alicyclic amines) is 1. The van der Waals surface area contributed by atoms with E-state index < -0.39 is 0 Å². The molecule has 1 aliphatic heterocycles. The van der Waals surface area contributed by atoms with Crippen molar-refractivity contribution in [3.8, 4) is 0 Å². The lowest BCUT2D eigenvalue weighted by molar-refractivity contribution is -0.139. The minimum atomic E-state index is -0.353. The Morgan fingerprint density at radius 3 is 2.79 bits per heavy atom. The highest BCUT2D eigenvalue weighted by Crippen LogP contribution is 2.24. The van der Waals surface area contributed by atoms with Crippen LogP contribution in [0, 0.1) is 5.92 Å². The Balaban J connectivity index is 1.77. The lowest BCUT2D eigenvalue weighted by atomic mass is 10.1. The number of carbonyl (C=O) groups excluding carboxylic acids is 2. The Hall–Kier alpha value is -2.30. The Morgan fingerprint density at radius 1 is 1.29 bits per heavy atom. The van der Waals surface area contributed by atoms with E-state index in [4.69, 9.17) is 0 Å². The van der Waals surface area contributed by atoms with Gasteiger partial charge in [0.15, 0.2) is 0 Å². The fourth-order valence-electron chi connectivity index (χ4n) is 3.40. The van der Waals surface area contributed by atoms with Crippen LogP contribution in [0.1, 0.15) is 33.6 Å². The number of anilines is 1. The first-order valence-corrected chi connectivity index (χ1v) is 8.71. The molecule has 5 heteroatoms. The van der Waals surface area contributed by atoms with Crippen LogP contribution < -0.4 is 5.32 Å². The van der Waals surface area contributed by atoms with Gasteiger partial charge in [0.05, 0.1) is 5.52 Å². The molecule has 2 aromatic rings. The van der Waals surface area contributed by atoms with E-state index in [-0.39, 0.29) is 23.8 Å². The van der Waals surface area contributed by atoms with E-state index in [9.17, 15) is 9.59 Å². The van der Waals surface area contributed by atoms with Crippen LogP contribution in [0.25, 0.3) is 10.9 Å². The molecule has 5 nitrogen and oxygen atoms in total. The molecule has 0 bridgehead atoms. The standard InChI is InChI=1S/C19H25N3O2/c1-4-21-11-9-14-7-8-15(12-17(14)21)20-18(23)16-6-5-10-22(16)19(24)13(2)3/h7-9,11-13,16H,4-6,10H2,1-3H3,(H,20,23)/t16-/m1/s1. The van der Waals surface area contributed by atoms with Crippen LogP contribution in [-0.2, 0) is 16.1 Å². The number of nitrogens with zero attached hydrogens (tertiary/aromatic N) is 2. The smallest absolute Gasteiger partial charge is 0.247 e. The van der Waals surface area contributed by atoms with Gasteiger partial charge in [-0.05, 0) is 43.4 Å². The van der Waals surface area contributed by atoms with Crippen molar-refractivity contribution in [2.75, 3.05) is 11.9 Å². The van der Waals surface area contributed by atoms with Crippen molar-refractivity contribution in [1.29, 1.82) is 0 Å². The molecule has 1 fully saturated rings. The first kappa shape index (κ1) is 16.6. The molecule has 0 saturated carbocycles. The molecule has 1 saturated heterocycles. The van der Waals surface area contributed by atoms with Crippen LogP contribution in [0.15, 0.2) is 30.5 Å². The minimum absolute atomic E-state index is 0.0583. The minimum Gasteiger partial charge on any atom is -0.348 e. The Labute approximate surface area is 142 Å². The molecule has 3 rings (SSSR count). The number of amides is 2. The summed E-state index contributed by atoms with van der Waals surface area (Å²) in [5.74, 6) is -0.110. The molecule has 0 unspecified atom stereocenters. The van der Waals surface area contributed by atoms with Crippen molar-refractivity contribution >= 4 is 28.4 Å². The largest absolute Gasteiger partial charge is 0.348 e. The quantitative estimate of drug-likeness (QED) is 0.937. The SMILES string of the molecule is CCn1ccc2ccc(NC(=O)[C@H]3CCCN3C(=O)C(C)C)cc21. The van der Waals surface area contributed by atoms with E-state index in [0.717, 1.165) is 36.0 Å². The normalized spacial score (nSPS) is 17.7. The van der Waals surface area contributed by atoms with Gasteiger partial charge in [0.25, 0.3) is 0 Å². The fourth-order valence-corrected chi connectivity index (χ4v) is 3.40. The molecule has 0 spiro atoms. The second-order valence-corrected chi connectivity index (χ2v) is 6.71. The van der Waals surface area contributed by atoms with E-state index in [1.165, 1.54) is 0 Å². The molecular weight excluding hydrogens is 302 g/mol. The molecule has 1 N–H and O–H groups in total. The third-order valence-corrected chi connectivity index (χ3v) is 4.71. The average Bonchev–Trinajstić information content (AvgIpc) is 3.20. The molecule has 1 aromatic carbocycles. The number of aromatic nitrogens is 1. The van der Waals surface area contributed by atoms with Crippen LogP contribution in [-0.4, -0.2) is 33.9 Å². The summed E-state index contributed by atoms with van der Waals surface area (Å²) in [5, 5.41) is 4.15. The van der Waals surface area contributed by atoms with Crippen LogP contribution in [0.2, 0.25) is 0 Å². The second-order valence-electron chi connectivity index (χ2n) is 6.71. The van der Waals surface area contributed by atoms with Crippen LogP contribution >= 0.6 is 0 Å². The van der Waals surface area contributed by atoms with Gasteiger partial charge in [0.2, 0.25) is 11.8 Å². The number of rotatable bonds is 4. The monoisotopic (exact) mass is 327 g/mol. The summed E-state index contributed by atoms with van der Waals surface area (Å²) in [7, 11) is 0. The Kier molecular flexibility index (Phi) is 4.60. The van der Waals surface area contributed by atoms with Crippen LogP contribution in [0.4, 0.5) is 5.69 Å². The maximum absolute atomic E-state index is 12.7. The average molecular weight is 327 g/mol. The molecular formula is C19H25N3O2. The van der Waals surface area contributed by atoms with Crippen molar-refractivity contribution in [3.63, 3.8) is 0 Å². The van der Waals surface area contributed by atoms with Crippen molar-refractivity contribution < 1.29 is 9.59 Å². The first-order valence-electron chi connectivity index (χ1n) is 8.71. The lowest BCUT2D eigenvalue weighted by Crippen LogP contribution is -2.44. The zero-order valence-electron chi connectivity index (χ0n) is 14.6. The van der Waals surface area contributed by atoms with Crippen molar-refractivity contribution in [2.45, 2.75) is 46.2 Å². The van der Waals surface area contributed by atoms with E-state index in [2.05, 4.69) is 29.1 Å². The molecule has 2 heterocycles. The van der Waals surface area contributed by atoms with Crippen LogP contribution in [0.5, 0.6) is 0 Å². The summed E-state index contributed by atoms with van der Waals surface area (Å²) in [6, 6.07) is 7.66. The van der Waals surface area contributed by atoms with Gasteiger partial charge in [-0.2, -0.15) is 0 Å². The maximum Gasteiger partial charge on any atom is 0.247 e. The van der Waals surface area contributed by atoms with Gasteiger partial charge in [-0.25, -0.2) is 0 Å². The highest BCUT2D eigenvalue weighted by Gasteiger charge is 2.34. The molecule has 0 aliphatic carbocycles. The predicted octanol–water partition coefficient (Wildman–Crippen LogP) is 3.25. The maximum atomic E-state index is 12.7. The summed E-state index contributed by atoms with van der Waals surface area (Å²) >= 11 is 0. The van der Waals surface area contributed by atoms with Gasteiger partial charge in [-0.15, -0.1) is 0 Å². The number of fused-ring (bicyclic) bond motifs is 1. The van der Waals surface area contributed by atoms with E-state index in [1.807, 2.05) is 32.0 Å². The second kappa shape index (κ2) is 6.67. The van der Waals surface area contributed by atoms with Gasteiger partial charge in [0, 0.05) is 30.9 Å². The van der Waals surface area contributed by atoms with Gasteiger partial charge in [-0.1, -0.05) is 19.9 Å². The van der Waals surface area contributed by atoms with Crippen molar-refractivity contribution in [2.24, 2.45) is 5.92 Å². The zero-order chi connectivity index (χ0) is 17.3. The molecule has 24 heavy (non-hydrogen) atoms. The number of aryl methyl sites for hydroxylation is 1. The summed E-state index contributed by atoms with van der Waals surface area (Å²) in [5.41, 5.74) is 1.89. The number of hydrogen-bond donors (Lipinski definition) is 1. The Bertz CT molecular complexity index is 763. The number of benzene rings is 1. The molecule has 1 atom stereocenters. The number of carbonyl (C=O) groups is 2. The van der Waals surface area contributed by atoms with E-state index in [0.29, 0.717) is 6.54 Å². The van der Waals surface area contributed by atoms with E-state index >= 15 is 0 Å². The highest BCUT2D eigenvalue weighted by atomic mass is 16.2. The summed E-state index contributed by atoms with van der Waals surface area (Å²) in [6.45, 7) is 7.41. The first-order chi connectivity index (χ1) is 11.5. The van der Waals surface area contributed by atoms with E-state index in [1.54, 1.807) is 4.90 Å². The lowest BCUT2D eigenvalue weighted by Gasteiger charge is -2.25. The third-order valence-electron chi connectivity index (χ3n) is 4.71. The zero-order valence-corrected chi connectivity index (χ0v) is 14.6. The highest BCUT2D eigenvalue weighted by molar-refractivity contribution is 5.99. The molecule has 2 amide bonds. The third kappa shape index (κ3) is 3.03. The van der Waals surface area contributed by atoms with Gasteiger partial charge in [0.1, 0.15) is 6.04 Å². The number of nitrogens with one attached hydrogen (secondary N) is 1. The molecule has 128 valence electrons. The summed E-state index contributed by atoms with van der Waals surface area (Å²) in [4.78, 5) is 26.7. The van der Waals surface area contributed by atoms with Gasteiger partial charge >= 0.3 is 0 Å². The van der Waals surface area contributed by atoms with Crippen molar-refractivity contribution in [3.05, 3.63) is 30.5 Å². The van der Waals surface area contributed by atoms with Crippen LogP contribution in [0.3, 0.4) is 0 Å². The molecule has 0 radical (unpaired) electrons. The number of hydrogen-bond acceptors (Lipinski definition) is 2. The van der Waals surface area contributed by atoms with Crippen molar-refractivity contribution in [1.82, 2.24) is 9.47 Å². The summed E-state index contributed by atoms with van der Waals surface area (Å²) in [6.07, 6.45) is 3.67. The Morgan fingerprint density at radius 2 is 2.08 bits per heavy atom. The topological polar surface area (TPSA) is 54.3 Å². The van der Waals surface area contributed by atoms with Gasteiger partial charge in [-0.3, -0.25) is 9.59 Å². The van der Waals surface area contributed by atoms with Gasteiger partial charge < -0.3 is 14.8 Å². The molecule has 1 aromatic heterocycles. The predicted molar refractivity (Wildman–Crippen MR) is 95.8 cm³/mol. The molecule has 1 aliphatic rings. The summed E-state index contributed by atoms with van der Waals surface area (Å²) < 4.78 is 2.15.